The van der Waals surface area contributed by atoms with Crippen LogP contribution in [0.25, 0.3) is 0 Å². The van der Waals surface area contributed by atoms with E-state index < -0.39 is 12.4 Å². The standard InChI is InChI=1S/C10H9ClN2O3/c11-8-4-2-1-3-7(8)5-13-10(15)16-9(6-14)12-13/h1-4,14H,5-6H2. The molecule has 1 aromatic carbocycles. The normalized spacial score (nSPS) is 10.6. The summed E-state index contributed by atoms with van der Waals surface area (Å²) >= 11 is 5.94. The number of halogens is 1. The van der Waals surface area contributed by atoms with Crippen molar-refractivity contribution in [1.82, 2.24) is 9.78 Å². The lowest BCUT2D eigenvalue weighted by Crippen LogP contribution is -2.16. The number of aliphatic hydroxyl groups is 1. The van der Waals surface area contributed by atoms with Crippen LogP contribution in [-0.4, -0.2) is 14.9 Å². The largest absolute Gasteiger partial charge is 0.437 e. The van der Waals surface area contributed by atoms with E-state index in [1.807, 2.05) is 6.07 Å². The smallest absolute Gasteiger partial charge is 0.390 e. The van der Waals surface area contributed by atoms with Crippen molar-refractivity contribution in [2.75, 3.05) is 0 Å². The summed E-state index contributed by atoms with van der Waals surface area (Å²) in [4.78, 5) is 11.3. The molecule has 0 aliphatic carbocycles. The zero-order valence-electron chi connectivity index (χ0n) is 8.26. The number of hydrogen-bond donors (Lipinski definition) is 1. The number of benzene rings is 1. The van der Waals surface area contributed by atoms with Gasteiger partial charge in [-0.05, 0) is 11.6 Å². The molecular weight excluding hydrogens is 232 g/mol. The van der Waals surface area contributed by atoms with Gasteiger partial charge in [-0.15, -0.1) is 5.10 Å². The molecule has 2 rings (SSSR count). The van der Waals surface area contributed by atoms with Crippen LogP contribution in [-0.2, 0) is 13.2 Å². The lowest BCUT2D eigenvalue weighted by atomic mass is 10.2. The molecule has 16 heavy (non-hydrogen) atoms. The van der Waals surface area contributed by atoms with Gasteiger partial charge in [0.25, 0.3) is 0 Å². The van der Waals surface area contributed by atoms with Crippen LogP contribution in [0.1, 0.15) is 11.5 Å². The summed E-state index contributed by atoms with van der Waals surface area (Å²) in [6, 6.07) is 7.15. The summed E-state index contributed by atoms with van der Waals surface area (Å²) in [6.45, 7) is -0.174. The van der Waals surface area contributed by atoms with E-state index in [0.29, 0.717) is 5.02 Å². The lowest BCUT2D eigenvalue weighted by molar-refractivity contribution is 0.237. The quantitative estimate of drug-likeness (QED) is 0.870. The molecule has 2 aromatic rings. The molecule has 0 saturated carbocycles. The summed E-state index contributed by atoms with van der Waals surface area (Å²) in [6.07, 6.45) is 0. The number of nitrogens with zero attached hydrogens (tertiary/aromatic N) is 2. The van der Waals surface area contributed by atoms with Crippen LogP contribution in [0.2, 0.25) is 5.02 Å². The highest BCUT2D eigenvalue weighted by atomic mass is 35.5. The Labute approximate surface area is 95.9 Å². The zero-order valence-corrected chi connectivity index (χ0v) is 9.02. The second-order valence-electron chi connectivity index (χ2n) is 3.17. The molecule has 0 radical (unpaired) electrons. The second kappa shape index (κ2) is 4.51. The van der Waals surface area contributed by atoms with E-state index in [0.717, 1.165) is 10.2 Å². The summed E-state index contributed by atoms with van der Waals surface area (Å²) in [5.41, 5.74) is 0.768. The van der Waals surface area contributed by atoms with Gasteiger partial charge < -0.3 is 9.52 Å². The van der Waals surface area contributed by atoms with Crippen LogP contribution in [0.5, 0.6) is 0 Å². The van der Waals surface area contributed by atoms with Gasteiger partial charge in [-0.1, -0.05) is 29.8 Å². The Balaban J connectivity index is 2.30. The van der Waals surface area contributed by atoms with Crippen LogP contribution in [0.3, 0.4) is 0 Å². The molecule has 0 spiro atoms. The predicted octanol–water partition coefficient (Wildman–Crippen LogP) is 1.03. The molecule has 84 valence electrons. The molecule has 0 atom stereocenters. The topological polar surface area (TPSA) is 68.3 Å². The maximum Gasteiger partial charge on any atom is 0.437 e. The first-order chi connectivity index (χ1) is 7.70. The van der Waals surface area contributed by atoms with Crippen LogP contribution >= 0.6 is 11.6 Å². The van der Waals surface area contributed by atoms with Crippen molar-refractivity contribution in [3.05, 3.63) is 51.3 Å². The van der Waals surface area contributed by atoms with E-state index in [1.165, 1.54) is 0 Å². The fourth-order valence-corrected chi connectivity index (χ4v) is 1.50. The van der Waals surface area contributed by atoms with Gasteiger partial charge in [0.05, 0.1) is 6.54 Å². The molecular formula is C10H9ClN2O3. The lowest BCUT2D eigenvalue weighted by Gasteiger charge is -2.01. The molecule has 1 aromatic heterocycles. The third-order valence-electron chi connectivity index (χ3n) is 2.06. The highest BCUT2D eigenvalue weighted by molar-refractivity contribution is 6.31. The summed E-state index contributed by atoms with van der Waals surface area (Å²) < 4.78 is 5.80. The van der Waals surface area contributed by atoms with E-state index in [9.17, 15) is 4.79 Å². The molecule has 1 N–H and O–H groups in total. The summed E-state index contributed by atoms with van der Waals surface area (Å²) in [5.74, 6) is -0.610. The molecule has 0 bridgehead atoms. The number of aromatic nitrogens is 2. The molecule has 1 heterocycles. The molecule has 0 fully saturated rings. The maximum atomic E-state index is 11.3. The van der Waals surface area contributed by atoms with E-state index in [2.05, 4.69) is 9.52 Å². The van der Waals surface area contributed by atoms with E-state index in [-0.39, 0.29) is 12.4 Å². The first-order valence-corrected chi connectivity index (χ1v) is 4.99. The Kier molecular flexibility index (Phi) is 3.07. The second-order valence-corrected chi connectivity index (χ2v) is 3.58. The van der Waals surface area contributed by atoms with Gasteiger partial charge in [0.15, 0.2) is 0 Å². The van der Waals surface area contributed by atoms with Gasteiger partial charge in [0.2, 0.25) is 5.89 Å². The van der Waals surface area contributed by atoms with Gasteiger partial charge in [0.1, 0.15) is 6.61 Å². The minimum atomic E-state index is -0.607. The minimum absolute atomic E-state index is 0.00273. The van der Waals surface area contributed by atoms with Crippen molar-refractivity contribution in [2.45, 2.75) is 13.2 Å². The third kappa shape index (κ3) is 2.15. The molecule has 6 heteroatoms. The number of rotatable bonds is 3. The molecule has 5 nitrogen and oxygen atoms in total. The van der Waals surface area contributed by atoms with Crippen molar-refractivity contribution in [1.29, 1.82) is 0 Å². The van der Waals surface area contributed by atoms with Crippen LogP contribution < -0.4 is 5.76 Å². The average Bonchev–Trinajstić information content (AvgIpc) is 2.63. The Morgan fingerprint density at radius 3 is 2.81 bits per heavy atom. The Hall–Kier alpha value is -1.59. The van der Waals surface area contributed by atoms with E-state index >= 15 is 0 Å². The zero-order chi connectivity index (χ0) is 11.5. The third-order valence-corrected chi connectivity index (χ3v) is 2.43. The predicted molar refractivity (Wildman–Crippen MR) is 57.2 cm³/mol. The number of hydrogen-bond acceptors (Lipinski definition) is 4. The first kappa shape index (κ1) is 10.9. The van der Waals surface area contributed by atoms with Gasteiger partial charge in [0, 0.05) is 5.02 Å². The maximum absolute atomic E-state index is 11.3. The van der Waals surface area contributed by atoms with Crippen molar-refractivity contribution < 1.29 is 9.52 Å². The van der Waals surface area contributed by atoms with Crippen molar-refractivity contribution in [2.24, 2.45) is 0 Å². The molecule has 0 saturated heterocycles. The Morgan fingerprint density at radius 1 is 1.44 bits per heavy atom. The Bertz CT molecular complexity index is 547. The Morgan fingerprint density at radius 2 is 2.19 bits per heavy atom. The molecule has 0 aliphatic heterocycles. The summed E-state index contributed by atoms with van der Waals surface area (Å²) in [5, 5.41) is 13.1. The van der Waals surface area contributed by atoms with E-state index in [4.69, 9.17) is 16.7 Å². The van der Waals surface area contributed by atoms with E-state index in [1.54, 1.807) is 18.2 Å². The van der Waals surface area contributed by atoms with Crippen LogP contribution in [0, 0.1) is 0 Å². The van der Waals surface area contributed by atoms with Gasteiger partial charge in [-0.2, -0.15) is 4.68 Å². The number of aliphatic hydroxyl groups excluding tert-OH is 1. The van der Waals surface area contributed by atoms with Crippen LogP contribution in [0.15, 0.2) is 33.5 Å². The minimum Gasteiger partial charge on any atom is -0.390 e. The fraction of sp³-hybridized carbons (Fsp3) is 0.200. The molecule has 0 unspecified atom stereocenters. The SMILES string of the molecule is O=c1oc(CO)nn1Cc1ccccc1Cl. The van der Waals surface area contributed by atoms with Gasteiger partial charge in [-0.3, -0.25) is 0 Å². The van der Waals surface area contributed by atoms with Gasteiger partial charge >= 0.3 is 5.76 Å². The highest BCUT2D eigenvalue weighted by Crippen LogP contribution is 2.15. The monoisotopic (exact) mass is 240 g/mol. The first-order valence-electron chi connectivity index (χ1n) is 4.62. The van der Waals surface area contributed by atoms with Crippen molar-refractivity contribution in [3.8, 4) is 0 Å². The molecule has 0 aliphatic rings. The average molecular weight is 241 g/mol. The highest BCUT2D eigenvalue weighted by Gasteiger charge is 2.08. The van der Waals surface area contributed by atoms with Crippen molar-refractivity contribution >= 4 is 11.6 Å². The fourth-order valence-electron chi connectivity index (χ4n) is 1.30. The van der Waals surface area contributed by atoms with Gasteiger partial charge in [-0.25, -0.2) is 4.79 Å². The molecule has 0 amide bonds. The van der Waals surface area contributed by atoms with Crippen LogP contribution in [0.4, 0.5) is 0 Å². The summed E-state index contributed by atoms with van der Waals surface area (Å²) in [7, 11) is 0. The van der Waals surface area contributed by atoms with Crippen molar-refractivity contribution in [3.63, 3.8) is 0 Å².